The first-order valence-corrected chi connectivity index (χ1v) is 7.45. The zero-order chi connectivity index (χ0) is 15.5. The van der Waals surface area contributed by atoms with E-state index in [9.17, 15) is 13.2 Å². The topological polar surface area (TPSA) is 15.3 Å². The van der Waals surface area contributed by atoms with E-state index in [1.807, 2.05) is 7.05 Å². The van der Waals surface area contributed by atoms with E-state index in [0.29, 0.717) is 12.5 Å². The fraction of sp³-hybridized carbons (Fsp3) is 0.625. The summed E-state index contributed by atoms with van der Waals surface area (Å²) in [6, 6.07) is 8.35. The fourth-order valence-electron chi connectivity index (χ4n) is 2.99. The molecule has 21 heavy (non-hydrogen) atoms. The van der Waals surface area contributed by atoms with Crippen LogP contribution in [-0.4, -0.2) is 43.8 Å². The summed E-state index contributed by atoms with van der Waals surface area (Å²) in [4.78, 5) is 2.11. The van der Waals surface area contributed by atoms with Gasteiger partial charge < -0.3 is 10.2 Å². The maximum atomic E-state index is 12.3. The molecular formula is C16H23F3N2. The minimum Gasteiger partial charge on any atom is -0.305 e. The minimum absolute atomic E-state index is 0.110. The molecule has 1 saturated heterocycles. The highest BCUT2D eigenvalue weighted by atomic mass is 19.4. The summed E-state index contributed by atoms with van der Waals surface area (Å²) in [5.41, 5.74) is 2.51. The number of hydrogen-bond donors (Lipinski definition) is 1. The number of aryl methyl sites for hydroxylation is 1. The van der Waals surface area contributed by atoms with Crippen LogP contribution in [0.15, 0.2) is 24.3 Å². The molecule has 2 nitrogen and oxygen atoms in total. The smallest absolute Gasteiger partial charge is 0.305 e. The molecule has 5 heteroatoms. The van der Waals surface area contributed by atoms with Crippen molar-refractivity contribution in [3.63, 3.8) is 0 Å². The quantitative estimate of drug-likeness (QED) is 0.918. The first kappa shape index (κ1) is 16.3. The molecule has 0 saturated carbocycles. The van der Waals surface area contributed by atoms with Gasteiger partial charge in [-0.15, -0.1) is 0 Å². The molecule has 0 spiro atoms. The molecule has 2 rings (SSSR count). The highest BCUT2D eigenvalue weighted by molar-refractivity contribution is 5.26. The van der Waals surface area contributed by atoms with Crippen molar-refractivity contribution < 1.29 is 13.2 Å². The van der Waals surface area contributed by atoms with Gasteiger partial charge in [-0.05, 0) is 36.9 Å². The van der Waals surface area contributed by atoms with Gasteiger partial charge in [-0.1, -0.05) is 31.2 Å². The van der Waals surface area contributed by atoms with Crippen LogP contribution in [0.25, 0.3) is 0 Å². The first-order valence-electron chi connectivity index (χ1n) is 7.45. The summed E-state index contributed by atoms with van der Waals surface area (Å²) in [7, 11) is 1.97. The Morgan fingerprint density at radius 1 is 1.19 bits per heavy atom. The average molecular weight is 300 g/mol. The second-order valence-corrected chi connectivity index (χ2v) is 5.94. The fourth-order valence-corrected chi connectivity index (χ4v) is 2.99. The van der Waals surface area contributed by atoms with E-state index in [4.69, 9.17) is 0 Å². The van der Waals surface area contributed by atoms with Gasteiger partial charge in [-0.25, -0.2) is 0 Å². The van der Waals surface area contributed by atoms with Crippen LogP contribution in [0.4, 0.5) is 13.2 Å². The lowest BCUT2D eigenvalue weighted by Gasteiger charge is -2.36. The lowest BCUT2D eigenvalue weighted by atomic mass is 9.87. The Morgan fingerprint density at radius 3 is 2.43 bits per heavy atom. The van der Waals surface area contributed by atoms with Gasteiger partial charge >= 0.3 is 6.18 Å². The van der Waals surface area contributed by atoms with Crippen LogP contribution < -0.4 is 5.32 Å². The molecule has 1 heterocycles. The van der Waals surface area contributed by atoms with E-state index >= 15 is 0 Å². The summed E-state index contributed by atoms with van der Waals surface area (Å²) < 4.78 is 37.0. The van der Waals surface area contributed by atoms with Crippen molar-refractivity contribution in [3.05, 3.63) is 35.4 Å². The Balaban J connectivity index is 1.99. The number of nitrogens with zero attached hydrogens (tertiary/aromatic N) is 1. The van der Waals surface area contributed by atoms with Crippen molar-refractivity contribution in [2.75, 3.05) is 26.7 Å². The van der Waals surface area contributed by atoms with Crippen molar-refractivity contribution in [3.8, 4) is 0 Å². The van der Waals surface area contributed by atoms with Gasteiger partial charge in [-0.2, -0.15) is 13.2 Å². The molecule has 0 aliphatic carbocycles. The molecule has 0 radical (unpaired) electrons. The standard InChI is InChI=1S/C16H23F3N2/c1-3-12-4-6-13(7-5-12)14-8-15(10-21(2)9-14)20-11-16(17,18)19/h4-7,14-15,20H,3,8-11H2,1-2H3. The van der Waals surface area contributed by atoms with Crippen molar-refractivity contribution >= 4 is 0 Å². The van der Waals surface area contributed by atoms with E-state index in [0.717, 1.165) is 19.4 Å². The normalized spacial score (nSPS) is 24.2. The number of nitrogens with one attached hydrogen (secondary N) is 1. The summed E-state index contributed by atoms with van der Waals surface area (Å²) >= 11 is 0. The monoisotopic (exact) mass is 300 g/mol. The number of halogens is 3. The number of likely N-dealkylation sites (N-methyl/N-ethyl adjacent to an activating group) is 1. The summed E-state index contributed by atoms with van der Waals surface area (Å²) in [6.45, 7) is 2.77. The van der Waals surface area contributed by atoms with Crippen LogP contribution >= 0.6 is 0 Å². The second-order valence-electron chi connectivity index (χ2n) is 5.94. The van der Waals surface area contributed by atoms with Crippen molar-refractivity contribution in [1.82, 2.24) is 10.2 Å². The number of rotatable bonds is 4. The van der Waals surface area contributed by atoms with Crippen molar-refractivity contribution in [2.24, 2.45) is 0 Å². The number of benzene rings is 1. The third kappa shape index (κ3) is 5.00. The molecule has 1 aromatic rings. The molecule has 2 unspecified atom stereocenters. The second kappa shape index (κ2) is 6.79. The van der Waals surface area contributed by atoms with Gasteiger partial charge in [0.2, 0.25) is 0 Å². The first-order chi connectivity index (χ1) is 9.87. The molecule has 1 fully saturated rings. The Bertz CT molecular complexity index is 442. The lowest BCUT2D eigenvalue weighted by Crippen LogP contribution is -2.49. The SMILES string of the molecule is CCc1ccc(C2CC(NCC(F)(F)F)CN(C)C2)cc1. The molecule has 1 N–H and O–H groups in total. The van der Waals surface area contributed by atoms with Crippen LogP contribution in [-0.2, 0) is 6.42 Å². The number of likely N-dealkylation sites (tertiary alicyclic amines) is 1. The summed E-state index contributed by atoms with van der Waals surface area (Å²) in [5, 5.41) is 2.65. The number of alkyl halides is 3. The van der Waals surface area contributed by atoms with E-state index in [2.05, 4.69) is 41.4 Å². The van der Waals surface area contributed by atoms with Gasteiger partial charge in [-0.3, -0.25) is 0 Å². The van der Waals surface area contributed by atoms with Gasteiger partial charge in [0.15, 0.2) is 0 Å². The van der Waals surface area contributed by atoms with E-state index in [-0.39, 0.29) is 6.04 Å². The van der Waals surface area contributed by atoms with E-state index in [1.54, 1.807) is 0 Å². The lowest BCUT2D eigenvalue weighted by molar-refractivity contribution is -0.127. The Kier molecular flexibility index (Phi) is 5.27. The molecule has 118 valence electrons. The largest absolute Gasteiger partial charge is 0.401 e. The predicted octanol–water partition coefficient (Wildman–Crippen LogP) is 3.19. The molecule has 1 aromatic carbocycles. The predicted molar refractivity (Wildman–Crippen MR) is 78.5 cm³/mol. The van der Waals surface area contributed by atoms with Crippen LogP contribution in [0.1, 0.15) is 30.4 Å². The highest BCUT2D eigenvalue weighted by Gasteiger charge is 2.31. The molecule has 0 aromatic heterocycles. The maximum absolute atomic E-state index is 12.3. The third-order valence-corrected chi connectivity index (χ3v) is 4.08. The van der Waals surface area contributed by atoms with Crippen LogP contribution in [0.2, 0.25) is 0 Å². The Hall–Kier alpha value is -1.07. The maximum Gasteiger partial charge on any atom is 0.401 e. The highest BCUT2D eigenvalue weighted by Crippen LogP contribution is 2.27. The number of hydrogen-bond acceptors (Lipinski definition) is 2. The summed E-state index contributed by atoms with van der Waals surface area (Å²) in [6.07, 6.45) is -2.39. The molecule has 1 aliphatic heterocycles. The van der Waals surface area contributed by atoms with E-state index in [1.165, 1.54) is 11.1 Å². The van der Waals surface area contributed by atoms with Crippen LogP contribution in [0, 0.1) is 0 Å². The molecule has 1 aliphatic rings. The zero-order valence-corrected chi connectivity index (χ0v) is 12.6. The molecule has 0 amide bonds. The Labute approximate surface area is 124 Å². The van der Waals surface area contributed by atoms with E-state index < -0.39 is 12.7 Å². The summed E-state index contributed by atoms with van der Waals surface area (Å²) in [5.74, 6) is 0.292. The van der Waals surface area contributed by atoms with Gasteiger partial charge in [0, 0.05) is 19.1 Å². The Morgan fingerprint density at radius 2 is 1.86 bits per heavy atom. The zero-order valence-electron chi connectivity index (χ0n) is 12.6. The number of piperidine rings is 1. The molecule has 2 atom stereocenters. The third-order valence-electron chi connectivity index (χ3n) is 4.08. The van der Waals surface area contributed by atoms with Gasteiger partial charge in [0.25, 0.3) is 0 Å². The van der Waals surface area contributed by atoms with Crippen LogP contribution in [0.5, 0.6) is 0 Å². The average Bonchev–Trinajstić information content (AvgIpc) is 2.44. The van der Waals surface area contributed by atoms with Gasteiger partial charge in [0.1, 0.15) is 0 Å². The van der Waals surface area contributed by atoms with Gasteiger partial charge in [0.05, 0.1) is 6.54 Å². The minimum atomic E-state index is -4.14. The molecular weight excluding hydrogens is 277 g/mol. The van der Waals surface area contributed by atoms with Crippen molar-refractivity contribution in [1.29, 1.82) is 0 Å². The molecule has 0 bridgehead atoms. The van der Waals surface area contributed by atoms with Crippen molar-refractivity contribution in [2.45, 2.75) is 37.9 Å². The van der Waals surface area contributed by atoms with Crippen LogP contribution in [0.3, 0.4) is 0 Å².